The molecule has 0 saturated heterocycles. The van der Waals surface area contributed by atoms with E-state index >= 15 is 0 Å². The second-order valence-corrected chi connectivity index (χ2v) is 5.79. The minimum absolute atomic E-state index is 0.0663. The monoisotopic (exact) mass is 380 g/mol. The van der Waals surface area contributed by atoms with Gasteiger partial charge in [0, 0.05) is 3.57 Å². The molecule has 0 fully saturated rings. The average Bonchev–Trinajstić information content (AvgIpc) is 2.81. The molecule has 3 aromatic rings. The second kappa shape index (κ2) is 5.41. The van der Waals surface area contributed by atoms with Crippen molar-refractivity contribution in [2.24, 2.45) is 0 Å². The molecule has 0 bridgehead atoms. The summed E-state index contributed by atoms with van der Waals surface area (Å²) in [5.41, 5.74) is 3.53. The molecule has 1 aromatic heterocycles. The molecule has 102 valence electrons. The summed E-state index contributed by atoms with van der Waals surface area (Å²) in [7, 11) is 1.92. The number of nitrogens with one attached hydrogen (secondary N) is 2. The zero-order valence-electron chi connectivity index (χ0n) is 10.8. The van der Waals surface area contributed by atoms with Gasteiger partial charge in [-0.25, -0.2) is 4.79 Å². The molecule has 1 heterocycles. The van der Waals surface area contributed by atoms with E-state index in [0.29, 0.717) is 5.58 Å². The van der Waals surface area contributed by atoms with Gasteiger partial charge in [0.25, 0.3) is 0 Å². The molecular weight excluding hydrogens is 367 g/mol. The summed E-state index contributed by atoms with van der Waals surface area (Å²) >= 11 is 2.29. The Bertz CT molecular complexity index is 789. The van der Waals surface area contributed by atoms with Crippen LogP contribution in [-0.2, 0) is 0 Å². The molecule has 0 aliphatic carbocycles. The first-order valence-corrected chi connectivity index (χ1v) is 7.31. The number of hydrogen-bond donors (Lipinski definition) is 2. The number of rotatable bonds is 3. The lowest BCUT2D eigenvalue weighted by Crippen LogP contribution is -2.17. The summed E-state index contributed by atoms with van der Waals surface area (Å²) in [6.07, 6.45) is 0. The van der Waals surface area contributed by atoms with E-state index in [2.05, 4.69) is 57.2 Å². The molecule has 0 spiro atoms. The molecule has 20 heavy (non-hydrogen) atoms. The Morgan fingerprint density at radius 1 is 1.15 bits per heavy atom. The van der Waals surface area contributed by atoms with Crippen molar-refractivity contribution < 1.29 is 4.42 Å². The van der Waals surface area contributed by atoms with Gasteiger partial charge in [0.2, 0.25) is 0 Å². The predicted octanol–water partition coefficient (Wildman–Crippen LogP) is 3.03. The summed E-state index contributed by atoms with van der Waals surface area (Å²) < 4.78 is 6.32. The van der Waals surface area contributed by atoms with Crippen molar-refractivity contribution in [3.63, 3.8) is 0 Å². The maximum atomic E-state index is 11.2. The van der Waals surface area contributed by atoms with Gasteiger partial charge in [-0.1, -0.05) is 18.2 Å². The molecule has 4 nitrogen and oxygen atoms in total. The molecule has 0 saturated carbocycles. The highest BCUT2D eigenvalue weighted by Crippen LogP contribution is 2.25. The molecule has 0 radical (unpaired) electrons. The van der Waals surface area contributed by atoms with Crippen LogP contribution in [0, 0.1) is 3.57 Å². The van der Waals surface area contributed by atoms with Crippen molar-refractivity contribution in [1.82, 2.24) is 10.3 Å². The maximum Gasteiger partial charge on any atom is 0.417 e. The van der Waals surface area contributed by atoms with Crippen LogP contribution in [0.5, 0.6) is 0 Å². The van der Waals surface area contributed by atoms with Gasteiger partial charge < -0.3 is 9.73 Å². The molecule has 0 aliphatic heterocycles. The number of fused-ring (bicyclic) bond motifs is 1. The van der Waals surface area contributed by atoms with Gasteiger partial charge in [-0.15, -0.1) is 0 Å². The highest BCUT2D eigenvalue weighted by Gasteiger charge is 2.13. The summed E-state index contributed by atoms with van der Waals surface area (Å²) in [6.45, 7) is 0. The number of hydrogen-bond acceptors (Lipinski definition) is 3. The number of benzene rings is 2. The number of H-pyrrole nitrogens is 1. The summed E-state index contributed by atoms with van der Waals surface area (Å²) in [6, 6.07) is 14.2. The van der Waals surface area contributed by atoms with Crippen LogP contribution < -0.4 is 11.1 Å². The molecule has 5 heteroatoms. The van der Waals surface area contributed by atoms with E-state index in [1.54, 1.807) is 0 Å². The Hall–Kier alpha value is -1.60. The smallest absolute Gasteiger partial charge is 0.408 e. The standard InChI is InChI=1S/C15H13IN2O2/c1-17-14(9-2-5-11(16)6-3-9)10-4-7-12-13(8-10)20-15(19)18-12/h2-8,14,17H,1H3,(H,18,19). The second-order valence-electron chi connectivity index (χ2n) is 4.54. The van der Waals surface area contributed by atoms with Crippen molar-refractivity contribution in [3.05, 3.63) is 67.7 Å². The minimum atomic E-state index is -0.424. The highest BCUT2D eigenvalue weighted by molar-refractivity contribution is 14.1. The van der Waals surface area contributed by atoms with Crippen molar-refractivity contribution >= 4 is 33.7 Å². The Morgan fingerprint density at radius 2 is 1.85 bits per heavy atom. The van der Waals surface area contributed by atoms with Gasteiger partial charge >= 0.3 is 5.76 Å². The van der Waals surface area contributed by atoms with Crippen LogP contribution in [0.4, 0.5) is 0 Å². The Kier molecular flexibility index (Phi) is 3.62. The van der Waals surface area contributed by atoms with Gasteiger partial charge in [-0.2, -0.15) is 0 Å². The van der Waals surface area contributed by atoms with Gasteiger partial charge in [-0.05, 0) is 65.0 Å². The Labute approximate surface area is 129 Å². The number of aromatic nitrogens is 1. The number of aromatic amines is 1. The minimum Gasteiger partial charge on any atom is -0.408 e. The third-order valence-corrected chi connectivity index (χ3v) is 3.99. The fraction of sp³-hybridized carbons (Fsp3) is 0.133. The van der Waals surface area contributed by atoms with E-state index in [0.717, 1.165) is 11.1 Å². The van der Waals surface area contributed by atoms with Crippen LogP contribution >= 0.6 is 22.6 Å². The van der Waals surface area contributed by atoms with Crippen LogP contribution in [0.1, 0.15) is 17.2 Å². The van der Waals surface area contributed by atoms with Crippen LogP contribution in [0.15, 0.2) is 51.7 Å². The highest BCUT2D eigenvalue weighted by atomic mass is 127. The lowest BCUT2D eigenvalue weighted by atomic mass is 9.99. The maximum absolute atomic E-state index is 11.2. The Morgan fingerprint density at radius 3 is 2.55 bits per heavy atom. The van der Waals surface area contributed by atoms with E-state index in [4.69, 9.17) is 4.42 Å². The zero-order chi connectivity index (χ0) is 14.1. The topological polar surface area (TPSA) is 58.0 Å². The molecule has 1 atom stereocenters. The van der Waals surface area contributed by atoms with Crippen molar-refractivity contribution in [3.8, 4) is 0 Å². The Balaban J connectivity index is 2.06. The van der Waals surface area contributed by atoms with Crippen LogP contribution in [0.3, 0.4) is 0 Å². The fourth-order valence-corrected chi connectivity index (χ4v) is 2.68. The summed E-state index contributed by atoms with van der Waals surface area (Å²) in [5, 5.41) is 3.29. The molecule has 3 rings (SSSR count). The largest absolute Gasteiger partial charge is 0.417 e. The third kappa shape index (κ3) is 2.51. The van der Waals surface area contributed by atoms with E-state index in [1.807, 2.05) is 25.2 Å². The quantitative estimate of drug-likeness (QED) is 0.687. The normalized spacial score (nSPS) is 12.7. The first-order chi connectivity index (χ1) is 9.67. The lowest BCUT2D eigenvalue weighted by Gasteiger charge is -2.17. The van der Waals surface area contributed by atoms with Crippen molar-refractivity contribution in [1.29, 1.82) is 0 Å². The molecule has 1 unspecified atom stereocenters. The SMILES string of the molecule is CNC(c1ccc(I)cc1)c1ccc2[nH]c(=O)oc2c1. The van der Waals surface area contributed by atoms with Crippen molar-refractivity contribution in [2.45, 2.75) is 6.04 Å². The van der Waals surface area contributed by atoms with Crippen LogP contribution in [0.2, 0.25) is 0 Å². The third-order valence-electron chi connectivity index (χ3n) is 3.27. The van der Waals surface area contributed by atoms with Gasteiger partial charge in [0.1, 0.15) is 0 Å². The first-order valence-electron chi connectivity index (χ1n) is 6.23. The fourth-order valence-electron chi connectivity index (χ4n) is 2.32. The molecule has 0 amide bonds. The van der Waals surface area contributed by atoms with E-state index in [1.165, 1.54) is 9.13 Å². The molecular formula is C15H13IN2O2. The van der Waals surface area contributed by atoms with Gasteiger partial charge in [0.15, 0.2) is 5.58 Å². The van der Waals surface area contributed by atoms with E-state index in [9.17, 15) is 4.79 Å². The van der Waals surface area contributed by atoms with E-state index < -0.39 is 5.76 Å². The van der Waals surface area contributed by atoms with E-state index in [-0.39, 0.29) is 6.04 Å². The summed E-state index contributed by atoms with van der Waals surface area (Å²) in [4.78, 5) is 13.9. The van der Waals surface area contributed by atoms with Gasteiger partial charge in [-0.3, -0.25) is 4.98 Å². The number of oxazole rings is 1. The first kappa shape index (κ1) is 13.4. The average molecular weight is 380 g/mol. The lowest BCUT2D eigenvalue weighted by molar-refractivity contribution is 0.554. The molecule has 0 aliphatic rings. The number of halogens is 1. The molecule has 2 N–H and O–H groups in total. The molecule has 2 aromatic carbocycles. The van der Waals surface area contributed by atoms with Gasteiger partial charge in [0.05, 0.1) is 11.6 Å². The predicted molar refractivity (Wildman–Crippen MR) is 86.9 cm³/mol. The zero-order valence-corrected chi connectivity index (χ0v) is 13.0. The van der Waals surface area contributed by atoms with Crippen LogP contribution in [0.25, 0.3) is 11.1 Å². The van der Waals surface area contributed by atoms with Crippen molar-refractivity contribution in [2.75, 3.05) is 7.05 Å². The summed E-state index contributed by atoms with van der Waals surface area (Å²) in [5.74, 6) is -0.424. The van der Waals surface area contributed by atoms with Crippen LogP contribution in [-0.4, -0.2) is 12.0 Å².